The minimum atomic E-state index is 0.794. The van der Waals surface area contributed by atoms with E-state index >= 15 is 0 Å². The van der Waals surface area contributed by atoms with Gasteiger partial charge in [0.1, 0.15) is 0 Å². The smallest absolute Gasteiger partial charge is 0.0684 e. The number of nitrogens with zero attached hydrogens (tertiary/aromatic N) is 2. The van der Waals surface area contributed by atoms with Gasteiger partial charge in [-0.25, -0.2) is 0 Å². The van der Waals surface area contributed by atoms with Crippen LogP contribution in [0.5, 0.6) is 0 Å². The highest BCUT2D eigenvalue weighted by molar-refractivity contribution is 5.22. The number of aromatic nitrogens is 2. The Morgan fingerprint density at radius 2 is 1.93 bits per heavy atom. The Hall–Kier alpha value is -0.790. The quantitative estimate of drug-likeness (QED) is 0.704. The second-order valence-corrected chi connectivity index (χ2v) is 4.03. The van der Waals surface area contributed by atoms with Crippen molar-refractivity contribution in [2.24, 2.45) is 0 Å². The molecule has 0 amide bonds. The molecule has 80 valence electrons. The fraction of sp³-hybridized carbons (Fsp3) is 0.750. The van der Waals surface area contributed by atoms with Crippen molar-refractivity contribution in [2.75, 3.05) is 0 Å². The number of rotatable bonds is 2. The molecule has 1 aromatic heterocycles. The second-order valence-electron chi connectivity index (χ2n) is 4.03. The third-order valence-corrected chi connectivity index (χ3v) is 2.27. The van der Waals surface area contributed by atoms with Crippen LogP contribution in [0.15, 0.2) is 6.20 Å². The van der Waals surface area contributed by atoms with Crippen LogP contribution in [0.3, 0.4) is 0 Å². The summed E-state index contributed by atoms with van der Waals surface area (Å²) in [7, 11) is 0. The van der Waals surface area contributed by atoms with Gasteiger partial charge in [0, 0.05) is 18.7 Å². The minimum absolute atomic E-state index is 0.794. The summed E-state index contributed by atoms with van der Waals surface area (Å²) in [4.78, 5) is 0. The van der Waals surface area contributed by atoms with Crippen molar-refractivity contribution in [3.63, 3.8) is 0 Å². The molecule has 0 unspecified atom stereocenters. The Morgan fingerprint density at radius 3 is 2.29 bits per heavy atom. The van der Waals surface area contributed by atoms with Gasteiger partial charge in [-0.3, -0.25) is 4.68 Å². The van der Waals surface area contributed by atoms with E-state index in [0.29, 0.717) is 0 Å². The molecule has 1 saturated carbocycles. The zero-order valence-corrected chi connectivity index (χ0v) is 9.88. The average Bonchev–Trinajstić information content (AvgIpc) is 2.92. The molecule has 1 aromatic rings. The molecule has 0 aromatic carbocycles. The standard InChI is InChI=1S/C9H14N2.C3H8/c1-3-11-6-7(2)9(10-11)8-4-5-8;1-3-2/h6,8H,3-5H2,1-2H3;3H2,1-2H3. The molecule has 2 rings (SSSR count). The lowest BCUT2D eigenvalue weighted by molar-refractivity contribution is 0.647. The Kier molecular flexibility index (Phi) is 4.18. The van der Waals surface area contributed by atoms with Crippen molar-refractivity contribution < 1.29 is 0 Å². The van der Waals surface area contributed by atoms with Crippen LogP contribution in [-0.2, 0) is 6.54 Å². The first kappa shape index (κ1) is 11.3. The summed E-state index contributed by atoms with van der Waals surface area (Å²) < 4.78 is 2.03. The Labute approximate surface area is 87.3 Å². The first-order chi connectivity index (χ1) is 6.72. The van der Waals surface area contributed by atoms with Crippen molar-refractivity contribution in [3.05, 3.63) is 17.5 Å². The van der Waals surface area contributed by atoms with Gasteiger partial charge in [-0.05, 0) is 32.3 Å². The van der Waals surface area contributed by atoms with Crippen LogP contribution >= 0.6 is 0 Å². The summed E-state index contributed by atoms with van der Waals surface area (Å²) in [5.74, 6) is 0.794. The van der Waals surface area contributed by atoms with Crippen molar-refractivity contribution >= 4 is 0 Å². The van der Waals surface area contributed by atoms with E-state index in [1.54, 1.807) is 0 Å². The molecular weight excluding hydrogens is 172 g/mol. The molecule has 2 heteroatoms. The van der Waals surface area contributed by atoms with Gasteiger partial charge in [0.2, 0.25) is 0 Å². The molecule has 0 N–H and O–H groups in total. The summed E-state index contributed by atoms with van der Waals surface area (Å²) in [5, 5.41) is 4.51. The van der Waals surface area contributed by atoms with Gasteiger partial charge in [0.15, 0.2) is 0 Å². The summed E-state index contributed by atoms with van der Waals surface area (Å²) in [6, 6.07) is 0. The highest BCUT2D eigenvalue weighted by Gasteiger charge is 2.27. The van der Waals surface area contributed by atoms with E-state index in [1.165, 1.54) is 30.5 Å². The van der Waals surface area contributed by atoms with Crippen LogP contribution < -0.4 is 0 Å². The van der Waals surface area contributed by atoms with Gasteiger partial charge in [0.05, 0.1) is 5.69 Å². The molecule has 0 saturated heterocycles. The maximum atomic E-state index is 4.51. The largest absolute Gasteiger partial charge is 0.272 e. The molecule has 2 nitrogen and oxygen atoms in total. The molecule has 0 aliphatic heterocycles. The normalized spacial score (nSPS) is 14.9. The summed E-state index contributed by atoms with van der Waals surface area (Å²) in [6.07, 6.45) is 6.09. The van der Waals surface area contributed by atoms with Crippen molar-refractivity contribution in [1.29, 1.82) is 0 Å². The molecule has 0 atom stereocenters. The number of hydrogen-bond donors (Lipinski definition) is 0. The molecule has 1 aliphatic rings. The Bertz CT molecular complexity index is 272. The van der Waals surface area contributed by atoms with Crippen LogP contribution in [0, 0.1) is 6.92 Å². The molecule has 14 heavy (non-hydrogen) atoms. The second kappa shape index (κ2) is 5.18. The third kappa shape index (κ3) is 2.86. The third-order valence-electron chi connectivity index (χ3n) is 2.27. The zero-order valence-electron chi connectivity index (χ0n) is 9.88. The number of hydrogen-bond acceptors (Lipinski definition) is 1. The lowest BCUT2D eigenvalue weighted by Gasteiger charge is -1.91. The molecule has 0 radical (unpaired) electrons. The number of aryl methyl sites for hydroxylation is 2. The van der Waals surface area contributed by atoms with Gasteiger partial charge in [-0.2, -0.15) is 5.10 Å². The van der Waals surface area contributed by atoms with E-state index in [2.05, 4.69) is 39.0 Å². The van der Waals surface area contributed by atoms with E-state index in [0.717, 1.165) is 12.5 Å². The lowest BCUT2D eigenvalue weighted by Crippen LogP contribution is -1.94. The van der Waals surface area contributed by atoms with E-state index < -0.39 is 0 Å². The molecule has 1 heterocycles. The average molecular weight is 194 g/mol. The van der Waals surface area contributed by atoms with Gasteiger partial charge < -0.3 is 0 Å². The molecule has 1 fully saturated rings. The SMILES string of the molecule is CCC.CCn1cc(C)c(C2CC2)n1. The van der Waals surface area contributed by atoms with E-state index in [-0.39, 0.29) is 0 Å². The first-order valence-electron chi connectivity index (χ1n) is 5.76. The molecule has 0 spiro atoms. The Balaban J connectivity index is 0.000000293. The maximum absolute atomic E-state index is 4.51. The Morgan fingerprint density at radius 1 is 1.36 bits per heavy atom. The molecular formula is C12H22N2. The predicted molar refractivity (Wildman–Crippen MR) is 60.6 cm³/mol. The summed E-state index contributed by atoms with van der Waals surface area (Å²) >= 11 is 0. The predicted octanol–water partition coefficient (Wildman–Crippen LogP) is 3.51. The fourth-order valence-electron chi connectivity index (χ4n) is 1.46. The van der Waals surface area contributed by atoms with Crippen LogP contribution in [-0.4, -0.2) is 9.78 Å². The van der Waals surface area contributed by atoms with E-state index in [9.17, 15) is 0 Å². The summed E-state index contributed by atoms with van der Waals surface area (Å²) in [6.45, 7) is 9.53. The van der Waals surface area contributed by atoms with E-state index in [1.807, 2.05) is 4.68 Å². The van der Waals surface area contributed by atoms with Gasteiger partial charge in [0.25, 0.3) is 0 Å². The monoisotopic (exact) mass is 194 g/mol. The van der Waals surface area contributed by atoms with Gasteiger partial charge in [-0.1, -0.05) is 20.3 Å². The highest BCUT2D eigenvalue weighted by atomic mass is 15.3. The highest BCUT2D eigenvalue weighted by Crippen LogP contribution is 2.40. The van der Waals surface area contributed by atoms with Gasteiger partial charge >= 0.3 is 0 Å². The molecule has 0 bridgehead atoms. The fourth-order valence-corrected chi connectivity index (χ4v) is 1.46. The maximum Gasteiger partial charge on any atom is 0.0684 e. The van der Waals surface area contributed by atoms with E-state index in [4.69, 9.17) is 0 Å². The van der Waals surface area contributed by atoms with Crippen LogP contribution in [0.2, 0.25) is 0 Å². The van der Waals surface area contributed by atoms with Crippen molar-refractivity contribution in [1.82, 2.24) is 9.78 Å². The van der Waals surface area contributed by atoms with Crippen molar-refractivity contribution in [2.45, 2.75) is 59.4 Å². The minimum Gasteiger partial charge on any atom is -0.272 e. The van der Waals surface area contributed by atoms with Crippen LogP contribution in [0.4, 0.5) is 0 Å². The van der Waals surface area contributed by atoms with Crippen molar-refractivity contribution in [3.8, 4) is 0 Å². The topological polar surface area (TPSA) is 17.8 Å². The molecule has 1 aliphatic carbocycles. The summed E-state index contributed by atoms with van der Waals surface area (Å²) in [5.41, 5.74) is 2.71. The first-order valence-corrected chi connectivity index (χ1v) is 5.76. The van der Waals surface area contributed by atoms with Crippen LogP contribution in [0.25, 0.3) is 0 Å². The lowest BCUT2D eigenvalue weighted by atomic mass is 10.2. The zero-order chi connectivity index (χ0) is 10.6. The van der Waals surface area contributed by atoms with Crippen LogP contribution in [0.1, 0.15) is 57.2 Å². The van der Waals surface area contributed by atoms with Gasteiger partial charge in [-0.15, -0.1) is 0 Å².